The van der Waals surface area contributed by atoms with Crippen molar-refractivity contribution < 1.29 is 52.9 Å². The molecular weight excluding hydrogens is 766 g/mol. The van der Waals surface area contributed by atoms with Gasteiger partial charge in [-0.25, -0.2) is 14.4 Å². The number of carbonyl (C=O) groups excluding carboxylic acids is 7. The normalized spacial score (nSPS) is 18.0. The summed E-state index contributed by atoms with van der Waals surface area (Å²) in [6.45, 7) is 16.5. The van der Waals surface area contributed by atoms with E-state index in [4.69, 9.17) is 19.9 Å². The number of fused-ring (bicyclic) bond motifs is 5. The van der Waals surface area contributed by atoms with Gasteiger partial charge >= 0.3 is 18.3 Å². The minimum Gasteiger partial charge on any atom is -0.508 e. The number of hydrogen-bond donors (Lipinski definition) is 8. The number of alkyl carbamates (subject to hydrolysis) is 2. The molecule has 0 unspecified atom stereocenters. The summed E-state index contributed by atoms with van der Waals surface area (Å²) in [7, 11) is 0. The van der Waals surface area contributed by atoms with Crippen molar-refractivity contribution in [3.8, 4) is 16.9 Å². The Bertz CT molecular complexity index is 1900. The molecule has 2 aromatic carbocycles. The van der Waals surface area contributed by atoms with Gasteiger partial charge in [-0.15, -0.1) is 0 Å². The second-order valence-corrected chi connectivity index (χ2v) is 17.3. The van der Waals surface area contributed by atoms with Crippen molar-refractivity contribution in [2.45, 2.75) is 136 Å². The zero-order chi connectivity index (χ0) is 44.5. The van der Waals surface area contributed by atoms with E-state index in [9.17, 15) is 38.7 Å². The molecule has 1 heterocycles. The number of aromatic hydroxyl groups is 1. The predicted molar refractivity (Wildman–Crippen MR) is 218 cm³/mol. The largest absolute Gasteiger partial charge is 0.508 e. The van der Waals surface area contributed by atoms with E-state index in [2.05, 4.69) is 31.9 Å². The van der Waals surface area contributed by atoms with Crippen molar-refractivity contribution in [3.63, 3.8) is 0 Å². The van der Waals surface area contributed by atoms with Gasteiger partial charge < -0.3 is 51.6 Å². The number of hydrogen-bond acceptors (Lipinski definition) is 11. The number of phenols is 1. The first-order valence-electron chi connectivity index (χ1n) is 19.3. The van der Waals surface area contributed by atoms with E-state index < -0.39 is 82.9 Å². The van der Waals surface area contributed by atoms with Gasteiger partial charge in [-0.05, 0) is 129 Å². The molecule has 4 bridgehead atoms. The highest BCUT2D eigenvalue weighted by Gasteiger charge is 2.33. The third kappa shape index (κ3) is 16.0. The number of primary amides is 1. The third-order valence-electron chi connectivity index (χ3n) is 8.40. The lowest BCUT2D eigenvalue weighted by molar-refractivity contribution is -0.133. The van der Waals surface area contributed by atoms with Crippen molar-refractivity contribution in [3.05, 3.63) is 47.5 Å². The molecule has 7 amide bonds. The number of benzene rings is 2. The van der Waals surface area contributed by atoms with Gasteiger partial charge in [-0.2, -0.15) is 0 Å². The van der Waals surface area contributed by atoms with Gasteiger partial charge in [0.25, 0.3) is 0 Å². The fraction of sp³-hybridized carbons (Fsp3) is 0.537. The molecule has 1 aliphatic rings. The van der Waals surface area contributed by atoms with Gasteiger partial charge in [-0.3, -0.25) is 24.5 Å². The van der Waals surface area contributed by atoms with Gasteiger partial charge in [0, 0.05) is 25.1 Å². The smallest absolute Gasteiger partial charge is 0.412 e. The third-order valence-corrected chi connectivity index (χ3v) is 8.40. The van der Waals surface area contributed by atoms with Crippen LogP contribution in [0.5, 0.6) is 5.75 Å². The molecule has 2 aromatic rings. The fourth-order valence-corrected chi connectivity index (χ4v) is 5.72. The maximum absolute atomic E-state index is 14.3. The molecule has 0 aliphatic carbocycles. The Morgan fingerprint density at radius 2 is 1.34 bits per heavy atom. The highest BCUT2D eigenvalue weighted by Crippen LogP contribution is 2.31. The summed E-state index contributed by atoms with van der Waals surface area (Å²) in [5.74, 6) is -3.51. The van der Waals surface area contributed by atoms with Crippen LogP contribution in [0.4, 0.5) is 20.1 Å². The summed E-state index contributed by atoms with van der Waals surface area (Å²) in [4.78, 5) is 92.6. The molecule has 0 saturated carbocycles. The minimum absolute atomic E-state index is 0.0291. The van der Waals surface area contributed by atoms with Crippen LogP contribution in [0.15, 0.2) is 36.4 Å². The van der Waals surface area contributed by atoms with Crippen LogP contribution in [-0.2, 0) is 46.2 Å². The van der Waals surface area contributed by atoms with E-state index in [0.29, 0.717) is 16.7 Å². The Hall–Kier alpha value is -6.07. The maximum Gasteiger partial charge on any atom is 0.412 e. The summed E-state index contributed by atoms with van der Waals surface area (Å²) in [6, 6.07) is 4.27. The van der Waals surface area contributed by atoms with Crippen molar-refractivity contribution in [2.24, 2.45) is 5.73 Å². The number of carbonyl (C=O) groups is 7. The Morgan fingerprint density at radius 1 is 0.780 bits per heavy atom. The van der Waals surface area contributed by atoms with E-state index in [-0.39, 0.29) is 49.2 Å². The van der Waals surface area contributed by atoms with Crippen LogP contribution in [0.25, 0.3) is 11.1 Å². The molecule has 324 valence electrons. The molecule has 0 saturated heterocycles. The Labute approximate surface area is 344 Å². The molecule has 0 radical (unpaired) electrons. The first-order valence-corrected chi connectivity index (χ1v) is 19.3. The average molecular weight is 826 g/mol. The van der Waals surface area contributed by atoms with Crippen molar-refractivity contribution in [2.75, 3.05) is 11.9 Å². The van der Waals surface area contributed by atoms with E-state index in [1.54, 1.807) is 92.6 Å². The molecule has 18 nitrogen and oxygen atoms in total. The van der Waals surface area contributed by atoms with Crippen LogP contribution in [0, 0.1) is 0 Å². The van der Waals surface area contributed by atoms with Gasteiger partial charge in [0.15, 0.2) is 0 Å². The Balaban J connectivity index is 2.19. The van der Waals surface area contributed by atoms with Crippen molar-refractivity contribution in [1.29, 1.82) is 0 Å². The number of anilines is 1. The van der Waals surface area contributed by atoms with E-state index in [1.165, 1.54) is 13.0 Å². The number of nitrogens with two attached hydrogens (primary N) is 1. The predicted octanol–water partition coefficient (Wildman–Crippen LogP) is 3.66. The summed E-state index contributed by atoms with van der Waals surface area (Å²) in [5, 5.41) is 26.7. The average Bonchev–Trinajstić information content (AvgIpc) is 3.07. The number of phenolic OH excluding ortho intramolecular Hbond substituents is 1. The molecule has 3 rings (SSSR count). The van der Waals surface area contributed by atoms with E-state index in [0.717, 1.165) is 0 Å². The quantitative estimate of drug-likeness (QED) is 0.134. The SMILES string of the molecule is C[C@H](NC(=O)[C@@H]1Cc2cc(ccc2NC(=O)OC(C)(C)C)-c2ccc(O)c(c2)C[C@H](NC(=O)OC(C)(C)C)C(=O)N[C@@H](CCCNC(=O)OC(C)(C)C)C(=O)N1)C(N)=O. The number of nitrogens with one attached hydrogen (secondary N) is 6. The molecule has 4 atom stereocenters. The molecule has 59 heavy (non-hydrogen) atoms. The van der Waals surface area contributed by atoms with Gasteiger partial charge in [0.05, 0.1) is 0 Å². The fourth-order valence-electron chi connectivity index (χ4n) is 5.72. The molecule has 9 N–H and O–H groups in total. The van der Waals surface area contributed by atoms with Crippen molar-refractivity contribution in [1.82, 2.24) is 26.6 Å². The summed E-state index contributed by atoms with van der Waals surface area (Å²) in [6.07, 6.45) is -2.88. The van der Waals surface area contributed by atoms with Crippen LogP contribution in [0.2, 0.25) is 0 Å². The summed E-state index contributed by atoms with van der Waals surface area (Å²) < 4.78 is 16.2. The molecule has 0 spiro atoms. The second-order valence-electron chi connectivity index (χ2n) is 17.3. The lowest BCUT2D eigenvalue weighted by Gasteiger charge is -2.27. The second kappa shape index (κ2) is 19.6. The highest BCUT2D eigenvalue weighted by molar-refractivity contribution is 5.96. The first kappa shape index (κ1) is 47.3. The van der Waals surface area contributed by atoms with Crippen molar-refractivity contribution >= 4 is 47.6 Å². The Morgan fingerprint density at radius 3 is 1.93 bits per heavy atom. The van der Waals surface area contributed by atoms with Gasteiger partial charge in [0.1, 0.15) is 46.7 Å². The first-order chi connectivity index (χ1) is 27.2. The monoisotopic (exact) mass is 825 g/mol. The number of rotatable bonds is 9. The van der Waals surface area contributed by atoms with Gasteiger partial charge in [-0.1, -0.05) is 12.1 Å². The molecule has 0 fully saturated rings. The Kier molecular flexibility index (Phi) is 15.7. The zero-order valence-corrected chi connectivity index (χ0v) is 35.4. The van der Waals surface area contributed by atoms with Crippen LogP contribution < -0.4 is 37.6 Å². The van der Waals surface area contributed by atoms with Crippen LogP contribution >= 0.6 is 0 Å². The van der Waals surface area contributed by atoms with E-state index in [1.807, 2.05) is 0 Å². The number of ether oxygens (including phenoxy) is 3. The maximum atomic E-state index is 14.3. The molecule has 18 heteroatoms. The lowest BCUT2D eigenvalue weighted by Crippen LogP contribution is -2.58. The summed E-state index contributed by atoms with van der Waals surface area (Å²) >= 11 is 0. The molecular formula is C41H59N7O11. The number of amides is 7. The summed E-state index contributed by atoms with van der Waals surface area (Å²) in [5.41, 5.74) is 4.85. The van der Waals surface area contributed by atoms with Gasteiger partial charge in [0.2, 0.25) is 23.6 Å². The standard InChI is InChI=1S/C41H59N7O11/c1-22(32(42)50)44-34(52)29-20-25-18-23(13-15-27(25)47-37(55)58-40(5,6)7)24-14-16-31(49)26(19-24)21-30(48-38(56)59-41(8,9)10)35(53)45-28(33(51)46-29)12-11-17-43-36(54)57-39(2,3)4/h13-16,18-19,22,28-30,49H,11-12,17,20-21H2,1-10H3,(H2,42,50)(H,43,54)(H,44,52)(H,45,53)(H,46,51)(H,47,55)(H,48,56)/t22-,28-,29-,30-/m0/s1. The minimum atomic E-state index is -1.42. The van der Waals surface area contributed by atoms with Crippen LogP contribution in [-0.4, -0.2) is 94.5 Å². The topological polar surface area (TPSA) is 266 Å². The van der Waals surface area contributed by atoms with E-state index >= 15 is 0 Å². The van der Waals surface area contributed by atoms with Crippen LogP contribution in [0.1, 0.15) is 93.2 Å². The zero-order valence-electron chi connectivity index (χ0n) is 35.4. The molecule has 1 aliphatic heterocycles. The van der Waals surface area contributed by atoms with Crippen LogP contribution in [0.3, 0.4) is 0 Å². The highest BCUT2D eigenvalue weighted by atomic mass is 16.6. The molecule has 0 aromatic heterocycles. The lowest BCUT2D eigenvalue weighted by atomic mass is 9.94.